The van der Waals surface area contributed by atoms with Gasteiger partial charge in [-0.3, -0.25) is 14.4 Å². The molecule has 2 heterocycles. The van der Waals surface area contributed by atoms with Gasteiger partial charge >= 0.3 is 0 Å². The van der Waals surface area contributed by atoms with Crippen molar-refractivity contribution in [1.29, 1.82) is 0 Å². The predicted octanol–water partition coefficient (Wildman–Crippen LogP) is 1.41. The van der Waals surface area contributed by atoms with Crippen molar-refractivity contribution in [2.75, 3.05) is 5.32 Å². The van der Waals surface area contributed by atoms with Gasteiger partial charge in [-0.25, -0.2) is 0 Å². The Hall–Kier alpha value is -2.35. The highest BCUT2D eigenvalue weighted by Gasteiger charge is 2.58. The summed E-state index contributed by atoms with van der Waals surface area (Å²) in [6, 6.07) is 3.83. The van der Waals surface area contributed by atoms with Gasteiger partial charge in [0.1, 0.15) is 0 Å². The highest BCUT2D eigenvalue weighted by molar-refractivity contribution is 8.15. The number of hydrazone groups is 1. The van der Waals surface area contributed by atoms with Gasteiger partial charge in [0.25, 0.3) is 5.91 Å². The summed E-state index contributed by atoms with van der Waals surface area (Å²) in [6.45, 7) is 6.52. The van der Waals surface area contributed by atoms with Crippen LogP contribution in [0.4, 0.5) is 5.69 Å². The summed E-state index contributed by atoms with van der Waals surface area (Å²) in [6.07, 6.45) is 0. The van der Waals surface area contributed by atoms with Crippen molar-refractivity contribution in [3.63, 3.8) is 0 Å². The number of hydrogen-bond acceptors (Lipinski definition) is 5. The number of anilines is 1. The molecule has 0 saturated carbocycles. The average Bonchev–Trinajstić information content (AvgIpc) is 2.92. The molecular weight excluding hydrogens is 316 g/mol. The Labute approximate surface area is 137 Å². The van der Waals surface area contributed by atoms with Crippen molar-refractivity contribution < 1.29 is 14.4 Å². The van der Waals surface area contributed by atoms with Gasteiger partial charge in [0.15, 0.2) is 5.17 Å². The maximum absolute atomic E-state index is 12.8. The van der Waals surface area contributed by atoms with Crippen LogP contribution in [-0.2, 0) is 19.3 Å². The fourth-order valence-electron chi connectivity index (χ4n) is 2.89. The Morgan fingerprint density at radius 1 is 1.30 bits per heavy atom. The molecule has 0 aromatic heterocycles. The molecule has 3 amide bonds. The van der Waals surface area contributed by atoms with Crippen molar-refractivity contribution >= 4 is 40.3 Å². The zero-order valence-electron chi connectivity index (χ0n) is 13.2. The average molecular weight is 332 g/mol. The van der Waals surface area contributed by atoms with Gasteiger partial charge in [0.05, 0.1) is 5.69 Å². The molecule has 1 spiro atoms. The second kappa shape index (κ2) is 5.09. The molecule has 2 aliphatic rings. The standard InChI is InChI=1S/C15H16N4O3S/c1-7-5-8(2)12-11(6-7)15(13(22)17-12)19(10(4)21)18-14(23-15)16-9(3)20/h5-6H,1-4H3,(H,17,22)(H,16,18,20)/t15-/m0/s1. The van der Waals surface area contributed by atoms with E-state index in [1.165, 1.54) is 13.8 Å². The molecule has 0 radical (unpaired) electrons. The number of nitrogens with zero attached hydrogens (tertiary/aromatic N) is 2. The van der Waals surface area contributed by atoms with Gasteiger partial charge in [-0.15, -0.1) is 5.10 Å². The Morgan fingerprint density at radius 3 is 2.61 bits per heavy atom. The normalized spacial score (nSPS) is 22.0. The minimum absolute atomic E-state index is 0.231. The number of amidine groups is 1. The number of amides is 3. The second-order valence-corrected chi connectivity index (χ2v) is 6.80. The molecule has 0 unspecified atom stereocenters. The first kappa shape index (κ1) is 15.5. The molecule has 1 atom stereocenters. The number of hydrogen-bond donors (Lipinski definition) is 2. The third kappa shape index (κ3) is 2.21. The van der Waals surface area contributed by atoms with Crippen LogP contribution in [0.3, 0.4) is 0 Å². The highest BCUT2D eigenvalue weighted by Crippen LogP contribution is 2.53. The Morgan fingerprint density at radius 2 is 2.00 bits per heavy atom. The van der Waals surface area contributed by atoms with Crippen LogP contribution in [0.1, 0.15) is 30.5 Å². The number of carbonyl (C=O) groups excluding carboxylic acids is 3. The number of nitrogens with one attached hydrogen (secondary N) is 2. The van der Waals surface area contributed by atoms with E-state index in [9.17, 15) is 14.4 Å². The van der Waals surface area contributed by atoms with Crippen LogP contribution < -0.4 is 10.6 Å². The molecule has 120 valence electrons. The van der Waals surface area contributed by atoms with E-state index >= 15 is 0 Å². The molecule has 3 rings (SSSR count). The molecule has 0 bridgehead atoms. The van der Waals surface area contributed by atoms with Gasteiger partial charge in [-0.2, -0.15) is 5.01 Å². The SMILES string of the molecule is CC(=O)NC1=NN(C(C)=O)[C@@]2(S1)C(=O)Nc1c(C)cc(C)cc12. The molecule has 0 aliphatic carbocycles. The first-order valence-corrected chi connectivity index (χ1v) is 7.86. The van der Waals surface area contributed by atoms with E-state index in [4.69, 9.17) is 0 Å². The first-order chi connectivity index (χ1) is 10.8. The topological polar surface area (TPSA) is 90.9 Å². The first-order valence-electron chi connectivity index (χ1n) is 7.05. The van der Waals surface area contributed by atoms with Gasteiger partial charge in [0, 0.05) is 19.4 Å². The Kier molecular flexibility index (Phi) is 3.44. The van der Waals surface area contributed by atoms with E-state index < -0.39 is 4.87 Å². The molecule has 1 aromatic carbocycles. The predicted molar refractivity (Wildman–Crippen MR) is 87.6 cm³/mol. The molecule has 2 N–H and O–H groups in total. The Bertz CT molecular complexity index is 789. The van der Waals surface area contributed by atoms with Crippen LogP contribution in [0, 0.1) is 13.8 Å². The number of fused-ring (bicyclic) bond motifs is 2. The fraction of sp³-hybridized carbons (Fsp3) is 0.333. The summed E-state index contributed by atoms with van der Waals surface area (Å²) in [5.74, 6) is -1.03. The fourth-order valence-corrected chi connectivity index (χ4v) is 4.16. The zero-order chi connectivity index (χ0) is 16.9. The van der Waals surface area contributed by atoms with E-state index in [1.807, 2.05) is 26.0 Å². The molecule has 0 saturated heterocycles. The van der Waals surface area contributed by atoms with Crippen LogP contribution in [0.5, 0.6) is 0 Å². The van der Waals surface area contributed by atoms with Crippen LogP contribution in [0.15, 0.2) is 17.2 Å². The van der Waals surface area contributed by atoms with E-state index in [0.29, 0.717) is 11.3 Å². The zero-order valence-corrected chi connectivity index (χ0v) is 14.0. The maximum Gasteiger partial charge on any atom is 0.268 e. The van der Waals surface area contributed by atoms with Crippen molar-refractivity contribution in [3.05, 3.63) is 28.8 Å². The van der Waals surface area contributed by atoms with E-state index in [-0.39, 0.29) is 22.9 Å². The number of benzene rings is 1. The molecule has 1 aromatic rings. The molecule has 2 aliphatic heterocycles. The summed E-state index contributed by atoms with van der Waals surface area (Å²) in [5, 5.41) is 10.9. The van der Waals surface area contributed by atoms with Gasteiger partial charge in [0.2, 0.25) is 16.7 Å². The van der Waals surface area contributed by atoms with Crippen LogP contribution in [0.25, 0.3) is 0 Å². The van der Waals surface area contributed by atoms with Crippen LogP contribution in [0.2, 0.25) is 0 Å². The smallest absolute Gasteiger partial charge is 0.268 e. The van der Waals surface area contributed by atoms with Gasteiger partial charge < -0.3 is 10.6 Å². The molecule has 8 heteroatoms. The summed E-state index contributed by atoms with van der Waals surface area (Å²) < 4.78 is 0. The molecule has 23 heavy (non-hydrogen) atoms. The summed E-state index contributed by atoms with van der Waals surface area (Å²) in [5.41, 5.74) is 3.28. The third-order valence-electron chi connectivity index (χ3n) is 3.71. The van der Waals surface area contributed by atoms with Gasteiger partial charge in [-0.05, 0) is 31.2 Å². The lowest BCUT2D eigenvalue weighted by Crippen LogP contribution is -2.45. The van der Waals surface area contributed by atoms with Gasteiger partial charge in [-0.1, -0.05) is 17.7 Å². The second-order valence-electron chi connectivity index (χ2n) is 5.62. The minimum Gasteiger partial charge on any atom is -0.322 e. The largest absolute Gasteiger partial charge is 0.322 e. The lowest BCUT2D eigenvalue weighted by molar-refractivity contribution is -0.138. The van der Waals surface area contributed by atoms with Crippen LogP contribution >= 0.6 is 11.8 Å². The summed E-state index contributed by atoms with van der Waals surface area (Å²) >= 11 is 1.06. The van der Waals surface area contributed by atoms with E-state index in [2.05, 4.69) is 15.7 Å². The lowest BCUT2D eigenvalue weighted by Gasteiger charge is -2.28. The van der Waals surface area contributed by atoms with Crippen LogP contribution in [-0.4, -0.2) is 27.9 Å². The third-order valence-corrected chi connectivity index (χ3v) is 4.96. The van der Waals surface area contributed by atoms with Crippen molar-refractivity contribution in [2.45, 2.75) is 32.6 Å². The highest BCUT2D eigenvalue weighted by atomic mass is 32.2. The molecule has 7 nitrogen and oxygen atoms in total. The number of carbonyl (C=O) groups is 3. The lowest BCUT2D eigenvalue weighted by atomic mass is 10.0. The van der Waals surface area contributed by atoms with Crippen molar-refractivity contribution in [2.24, 2.45) is 5.10 Å². The number of aryl methyl sites for hydroxylation is 2. The number of thioether (sulfide) groups is 1. The molecule has 0 fully saturated rings. The van der Waals surface area contributed by atoms with E-state index in [0.717, 1.165) is 27.9 Å². The van der Waals surface area contributed by atoms with E-state index in [1.54, 1.807) is 0 Å². The minimum atomic E-state index is -1.31. The summed E-state index contributed by atoms with van der Waals surface area (Å²) in [4.78, 5) is 34.8. The molecular formula is C15H16N4O3S. The van der Waals surface area contributed by atoms with Crippen molar-refractivity contribution in [3.8, 4) is 0 Å². The Balaban J connectivity index is 2.17. The summed E-state index contributed by atoms with van der Waals surface area (Å²) in [7, 11) is 0. The number of rotatable bonds is 0. The monoisotopic (exact) mass is 332 g/mol. The quantitative estimate of drug-likeness (QED) is 0.751. The maximum atomic E-state index is 12.8. The van der Waals surface area contributed by atoms with Crippen molar-refractivity contribution in [1.82, 2.24) is 10.3 Å².